The Morgan fingerprint density at radius 2 is 1.70 bits per heavy atom. The summed E-state index contributed by atoms with van der Waals surface area (Å²) in [6.07, 6.45) is -4.28. The number of benzene rings is 1. The van der Waals surface area contributed by atoms with Gasteiger partial charge in [-0.1, -0.05) is 13.0 Å². The predicted molar refractivity (Wildman–Crippen MR) is 139 cm³/mol. The van der Waals surface area contributed by atoms with Crippen LogP contribution in [-0.2, 0) is 14.3 Å². The van der Waals surface area contributed by atoms with Crippen LogP contribution in [0.5, 0.6) is 5.75 Å². The normalized spacial score (nSPS) is 33.7. The number of phenolic OH excluding ortho intramolecular Hbond substituents is 1. The number of Topliss-reactive ketones (excluding diaryl/α,β-unsaturated/α-hetero) is 2. The summed E-state index contributed by atoms with van der Waals surface area (Å²) in [6.45, 7) is 6.54. The van der Waals surface area contributed by atoms with E-state index in [1.54, 1.807) is 27.7 Å². The van der Waals surface area contributed by atoms with Gasteiger partial charge in [-0.3, -0.25) is 19.7 Å². The number of amides is 2. The monoisotopic (exact) mass is 561 g/mol. The lowest BCUT2D eigenvalue weighted by molar-refractivity contribution is -0.194. The van der Waals surface area contributed by atoms with Crippen LogP contribution in [-0.4, -0.2) is 97.5 Å². The maximum Gasteiger partial charge on any atom is 0.412 e. The van der Waals surface area contributed by atoms with Gasteiger partial charge in [-0.25, -0.2) is 4.79 Å². The lowest BCUT2D eigenvalue weighted by Gasteiger charge is -2.56. The number of phenols is 1. The molecule has 3 aliphatic carbocycles. The first kappa shape index (κ1) is 29.5. The number of rotatable bonds is 3. The van der Waals surface area contributed by atoms with Crippen molar-refractivity contribution in [2.24, 2.45) is 23.5 Å². The molecule has 1 fully saturated rings. The van der Waals surface area contributed by atoms with Gasteiger partial charge in [-0.05, 0) is 52.4 Å². The minimum atomic E-state index is -2.95. The number of ether oxygens (including phenoxy) is 1. The van der Waals surface area contributed by atoms with Crippen LogP contribution in [0.15, 0.2) is 23.5 Å². The Morgan fingerprint density at radius 1 is 1.10 bits per heavy atom. The number of carbonyl (C=O) groups is 4. The maximum atomic E-state index is 13.9. The average Bonchev–Trinajstić information content (AvgIpc) is 2.81. The van der Waals surface area contributed by atoms with Crippen LogP contribution < -0.4 is 11.1 Å². The summed E-state index contributed by atoms with van der Waals surface area (Å²) in [4.78, 5) is 53.2. The van der Waals surface area contributed by atoms with Crippen molar-refractivity contribution in [1.29, 1.82) is 0 Å². The Morgan fingerprint density at radius 3 is 2.23 bits per heavy atom. The molecule has 0 aromatic heterocycles. The molecule has 0 radical (unpaired) electrons. The smallest absolute Gasteiger partial charge is 0.412 e. The molecule has 4 rings (SSSR count). The van der Waals surface area contributed by atoms with Gasteiger partial charge >= 0.3 is 6.09 Å². The van der Waals surface area contributed by atoms with Gasteiger partial charge in [-0.2, -0.15) is 0 Å². The Labute approximate surface area is 230 Å². The van der Waals surface area contributed by atoms with Crippen LogP contribution in [0.25, 0.3) is 0 Å². The Kier molecular flexibility index (Phi) is 7.03. The van der Waals surface area contributed by atoms with Gasteiger partial charge in [-0.15, -0.1) is 0 Å². The number of nitrogens with two attached hydrogens (primary N) is 1. The summed E-state index contributed by atoms with van der Waals surface area (Å²) in [5, 5.41) is 59.2. The molecular weight excluding hydrogens is 526 g/mol. The zero-order chi connectivity index (χ0) is 30.2. The van der Waals surface area contributed by atoms with Crippen LogP contribution in [0.3, 0.4) is 0 Å². The molecule has 0 aliphatic heterocycles. The van der Waals surface area contributed by atoms with Crippen LogP contribution in [0.2, 0.25) is 0 Å². The molecule has 0 bridgehead atoms. The molecule has 2 unspecified atom stereocenters. The first-order valence-electron chi connectivity index (χ1n) is 12.8. The molecule has 0 spiro atoms. The van der Waals surface area contributed by atoms with Crippen molar-refractivity contribution in [3.8, 4) is 5.75 Å². The lowest BCUT2D eigenvalue weighted by Crippen LogP contribution is -2.74. The fraction of sp³-hybridized carbons (Fsp3) is 0.556. The second-order valence-corrected chi connectivity index (χ2v) is 11.9. The molecular formula is C27H35N3O10. The van der Waals surface area contributed by atoms with E-state index < -0.39 is 93.8 Å². The molecule has 8 atom stereocenters. The third-order valence-corrected chi connectivity index (χ3v) is 8.13. The van der Waals surface area contributed by atoms with Gasteiger partial charge in [0.05, 0.1) is 23.5 Å². The quantitative estimate of drug-likeness (QED) is 0.195. The van der Waals surface area contributed by atoms with E-state index in [2.05, 4.69) is 5.32 Å². The third-order valence-electron chi connectivity index (χ3n) is 8.13. The molecule has 3 aliphatic rings. The second-order valence-electron chi connectivity index (χ2n) is 11.9. The van der Waals surface area contributed by atoms with Gasteiger partial charge < -0.3 is 40.9 Å². The lowest BCUT2D eigenvalue weighted by atomic mass is 9.53. The first-order valence-corrected chi connectivity index (χ1v) is 12.8. The van der Waals surface area contributed by atoms with Gasteiger partial charge in [0.25, 0.3) is 0 Å². The highest BCUT2D eigenvalue weighted by Gasteiger charge is 2.69. The minimum absolute atomic E-state index is 0.168. The highest BCUT2D eigenvalue weighted by molar-refractivity contribution is 6.16. The molecule has 218 valence electrons. The molecule has 2 amide bonds. The van der Waals surface area contributed by atoms with Crippen molar-refractivity contribution < 1.29 is 49.4 Å². The predicted octanol–water partition coefficient (Wildman–Crippen LogP) is 0.164. The van der Waals surface area contributed by atoms with Crippen molar-refractivity contribution in [1.82, 2.24) is 4.90 Å². The first-order chi connectivity index (χ1) is 18.4. The van der Waals surface area contributed by atoms with E-state index in [1.807, 2.05) is 0 Å². The third kappa shape index (κ3) is 4.15. The standard InChI is InChI=1S/C27H35N3O10/c1-9-10-7-8-11(29-25(38)40-26(2,3)4)18(31)13(10)19(32)14-12(9)20(33)16-17(30(5)6)21(34)15(24(28)37)23(36)27(16,39)22(14)35/h7-9,12,15-17,20-21,31,33-35,39H,1-6H3,(H2,28,37)(H,29,38)/t9-,12+,15?,16+,17-,20-,21?,27-/m0/s1. The summed E-state index contributed by atoms with van der Waals surface area (Å²) < 4.78 is 5.20. The average molecular weight is 562 g/mol. The molecule has 0 saturated heterocycles. The van der Waals surface area contributed by atoms with Gasteiger partial charge in [0.2, 0.25) is 5.91 Å². The van der Waals surface area contributed by atoms with Crippen molar-refractivity contribution in [2.75, 3.05) is 19.4 Å². The fourth-order valence-electron chi connectivity index (χ4n) is 6.49. The number of primary amides is 1. The van der Waals surface area contributed by atoms with Crippen molar-refractivity contribution >= 4 is 29.3 Å². The summed E-state index contributed by atoms with van der Waals surface area (Å²) >= 11 is 0. The molecule has 13 heteroatoms. The fourth-order valence-corrected chi connectivity index (χ4v) is 6.49. The number of aliphatic hydroxyl groups excluding tert-OH is 3. The van der Waals surface area contributed by atoms with E-state index in [4.69, 9.17) is 10.5 Å². The van der Waals surface area contributed by atoms with Crippen LogP contribution in [0.4, 0.5) is 10.5 Å². The Hall–Kier alpha value is -3.52. The van der Waals surface area contributed by atoms with Crippen molar-refractivity contribution in [3.05, 3.63) is 34.6 Å². The van der Waals surface area contributed by atoms with Crippen LogP contribution >= 0.6 is 0 Å². The highest BCUT2D eigenvalue weighted by Crippen LogP contribution is 2.56. The number of hydrogen-bond acceptors (Lipinski definition) is 11. The van der Waals surface area contributed by atoms with E-state index in [9.17, 15) is 44.7 Å². The van der Waals surface area contributed by atoms with E-state index in [1.165, 1.54) is 31.1 Å². The van der Waals surface area contributed by atoms with Gasteiger partial charge in [0.1, 0.15) is 17.3 Å². The summed E-state index contributed by atoms with van der Waals surface area (Å²) in [6, 6.07) is 1.60. The second kappa shape index (κ2) is 9.54. The number of ketones is 2. The number of likely N-dealkylation sites (N-methyl/N-ethyl adjacent to an activating group) is 1. The van der Waals surface area contributed by atoms with E-state index in [0.29, 0.717) is 0 Å². The molecule has 8 N–H and O–H groups in total. The number of aliphatic hydroxyl groups is 4. The number of hydrogen-bond donors (Lipinski definition) is 7. The van der Waals surface area contributed by atoms with Crippen molar-refractivity contribution in [2.45, 2.75) is 63.1 Å². The van der Waals surface area contributed by atoms with E-state index in [-0.39, 0.29) is 16.8 Å². The number of anilines is 1. The number of fused-ring (bicyclic) bond motifs is 3. The topological polar surface area (TPSA) is 220 Å². The summed E-state index contributed by atoms with van der Waals surface area (Å²) in [5.41, 5.74) is 0.850. The van der Waals surface area contributed by atoms with Crippen LogP contribution in [0.1, 0.15) is 49.5 Å². The summed E-state index contributed by atoms with van der Waals surface area (Å²) in [5.74, 6) is -10.7. The molecule has 13 nitrogen and oxygen atoms in total. The van der Waals surface area contributed by atoms with E-state index in [0.717, 1.165) is 0 Å². The SMILES string of the molecule is C[C@H]1c2ccc(NC(=O)OC(C)(C)C)c(O)c2C(=O)C2=C(O)[C@]3(O)C(=O)C(C(N)=O)C(O)[C@@H](N(C)C)[C@@H]3[C@@H](O)[C@@H]21. The van der Waals surface area contributed by atoms with E-state index >= 15 is 0 Å². The maximum absolute atomic E-state index is 13.9. The summed E-state index contributed by atoms with van der Waals surface area (Å²) in [7, 11) is 2.99. The number of aromatic hydroxyl groups is 1. The number of nitrogens with zero attached hydrogens (tertiary/aromatic N) is 1. The van der Waals surface area contributed by atoms with Crippen molar-refractivity contribution in [3.63, 3.8) is 0 Å². The molecule has 1 aromatic rings. The van der Waals surface area contributed by atoms with Gasteiger partial charge in [0.15, 0.2) is 22.9 Å². The molecule has 40 heavy (non-hydrogen) atoms. The minimum Gasteiger partial charge on any atom is -0.508 e. The zero-order valence-electron chi connectivity index (χ0n) is 23.0. The molecule has 1 aromatic carbocycles. The van der Waals surface area contributed by atoms with Crippen LogP contribution in [0, 0.1) is 17.8 Å². The largest absolute Gasteiger partial charge is 0.508 e. The highest BCUT2D eigenvalue weighted by atomic mass is 16.6. The zero-order valence-corrected chi connectivity index (χ0v) is 23.0. The molecule has 1 saturated carbocycles. The Bertz CT molecular complexity index is 1330. The number of nitrogens with one attached hydrogen (secondary N) is 1. The van der Waals surface area contributed by atoms with Gasteiger partial charge in [0, 0.05) is 23.5 Å². The number of carbonyl (C=O) groups excluding carboxylic acids is 4. The molecule has 0 heterocycles. The Balaban J connectivity index is 1.90.